The second-order valence-electron chi connectivity index (χ2n) is 8.45. The summed E-state index contributed by atoms with van der Waals surface area (Å²) in [7, 11) is 1.61. The molecule has 0 fully saturated rings. The normalized spacial score (nSPS) is 11.8. The lowest BCUT2D eigenvalue weighted by atomic mass is 9.98. The van der Waals surface area contributed by atoms with Crippen molar-refractivity contribution in [2.45, 2.75) is 6.10 Å². The van der Waals surface area contributed by atoms with E-state index in [2.05, 4.69) is 10.3 Å². The average molecular weight is 477 g/mol. The first-order valence-electron chi connectivity index (χ1n) is 11.5. The first-order valence-corrected chi connectivity index (χ1v) is 11.5. The minimum absolute atomic E-state index is 0.193. The van der Waals surface area contributed by atoms with E-state index in [1.807, 2.05) is 48.5 Å². The topological polar surface area (TPSA) is 97.1 Å². The summed E-state index contributed by atoms with van der Waals surface area (Å²) in [6, 6.07) is 26.1. The van der Waals surface area contributed by atoms with Crippen molar-refractivity contribution in [3.63, 3.8) is 0 Å². The van der Waals surface area contributed by atoms with E-state index in [-0.39, 0.29) is 18.1 Å². The molecule has 0 aliphatic rings. The molecule has 7 heteroatoms. The third-order valence-electron chi connectivity index (χ3n) is 6.12. The number of aliphatic hydroxyl groups excluding tert-OH is 1. The smallest absolute Gasteiger partial charge is 0.263 e. The van der Waals surface area contributed by atoms with Gasteiger partial charge in [0.1, 0.15) is 6.10 Å². The molecular formula is C29H24N4O3. The van der Waals surface area contributed by atoms with E-state index >= 15 is 0 Å². The van der Waals surface area contributed by atoms with Crippen molar-refractivity contribution in [2.75, 3.05) is 11.9 Å². The van der Waals surface area contributed by atoms with Gasteiger partial charge < -0.3 is 10.4 Å². The van der Waals surface area contributed by atoms with Gasteiger partial charge in [0.15, 0.2) is 5.78 Å². The summed E-state index contributed by atoms with van der Waals surface area (Å²) in [4.78, 5) is 35.1. The minimum Gasteiger partial charge on any atom is -0.380 e. The molecule has 36 heavy (non-hydrogen) atoms. The number of Topliss-reactive ketones (excluding diaryl/α,β-unsaturated/α-hetero) is 1. The van der Waals surface area contributed by atoms with E-state index in [1.54, 1.807) is 55.8 Å². The van der Waals surface area contributed by atoms with Gasteiger partial charge in [-0.15, -0.1) is 0 Å². The SMILES string of the molecule is Cn1c(NCC(=O)C(O)c2ccccc2)nc(-c2ccncc2)c(-c2ccc3ccccc3c2)c1=O. The van der Waals surface area contributed by atoms with E-state index in [4.69, 9.17) is 4.98 Å². The molecule has 2 N–H and O–H groups in total. The summed E-state index contributed by atoms with van der Waals surface area (Å²) >= 11 is 0. The molecule has 0 saturated heterocycles. The zero-order valence-electron chi connectivity index (χ0n) is 19.6. The van der Waals surface area contributed by atoms with E-state index in [1.165, 1.54) is 4.57 Å². The molecule has 0 bridgehead atoms. The highest BCUT2D eigenvalue weighted by molar-refractivity contribution is 5.91. The predicted octanol–water partition coefficient (Wildman–Crippen LogP) is 4.38. The number of ketones is 1. The second kappa shape index (κ2) is 9.93. The van der Waals surface area contributed by atoms with Gasteiger partial charge in [0.2, 0.25) is 5.95 Å². The van der Waals surface area contributed by atoms with Gasteiger partial charge in [-0.1, -0.05) is 66.7 Å². The lowest BCUT2D eigenvalue weighted by molar-refractivity contribution is -0.125. The van der Waals surface area contributed by atoms with Crippen LogP contribution in [-0.4, -0.2) is 32.0 Å². The molecule has 2 heterocycles. The Morgan fingerprint density at radius 1 is 0.917 bits per heavy atom. The summed E-state index contributed by atoms with van der Waals surface area (Å²) in [6.07, 6.45) is 2.02. The zero-order chi connectivity index (χ0) is 25.1. The van der Waals surface area contributed by atoms with Crippen LogP contribution in [0, 0.1) is 0 Å². The monoisotopic (exact) mass is 476 g/mol. The summed E-state index contributed by atoms with van der Waals surface area (Å²) in [5, 5.41) is 15.5. The van der Waals surface area contributed by atoms with Crippen LogP contribution in [0.5, 0.6) is 0 Å². The molecule has 0 aliphatic heterocycles. The highest BCUT2D eigenvalue weighted by Gasteiger charge is 2.21. The van der Waals surface area contributed by atoms with Crippen LogP contribution in [0.25, 0.3) is 33.2 Å². The summed E-state index contributed by atoms with van der Waals surface area (Å²) in [6.45, 7) is -0.193. The van der Waals surface area contributed by atoms with E-state index in [0.29, 0.717) is 16.8 Å². The molecular weight excluding hydrogens is 452 g/mol. The summed E-state index contributed by atoms with van der Waals surface area (Å²) in [5.74, 6) is -0.204. The number of pyridine rings is 1. The maximum Gasteiger partial charge on any atom is 0.263 e. The van der Waals surface area contributed by atoms with Crippen molar-refractivity contribution in [1.29, 1.82) is 0 Å². The van der Waals surface area contributed by atoms with Gasteiger partial charge in [0.25, 0.3) is 5.56 Å². The molecule has 0 spiro atoms. The number of hydrogen-bond donors (Lipinski definition) is 2. The molecule has 7 nitrogen and oxygen atoms in total. The van der Waals surface area contributed by atoms with Crippen LogP contribution in [0.4, 0.5) is 5.95 Å². The number of aliphatic hydroxyl groups is 1. The molecule has 5 rings (SSSR count). The van der Waals surface area contributed by atoms with E-state index < -0.39 is 11.9 Å². The maximum atomic E-state index is 13.7. The molecule has 178 valence electrons. The van der Waals surface area contributed by atoms with Crippen LogP contribution in [0.3, 0.4) is 0 Å². The zero-order valence-corrected chi connectivity index (χ0v) is 19.6. The van der Waals surface area contributed by atoms with Crippen LogP contribution in [0.1, 0.15) is 11.7 Å². The number of carbonyl (C=O) groups is 1. The van der Waals surface area contributed by atoms with E-state index in [0.717, 1.165) is 21.9 Å². The van der Waals surface area contributed by atoms with Crippen LogP contribution in [0.2, 0.25) is 0 Å². The van der Waals surface area contributed by atoms with Gasteiger partial charge in [-0.05, 0) is 40.1 Å². The molecule has 3 aromatic carbocycles. The Morgan fingerprint density at radius 2 is 1.61 bits per heavy atom. The molecule has 2 aromatic heterocycles. The van der Waals surface area contributed by atoms with Crippen LogP contribution in [-0.2, 0) is 11.8 Å². The molecule has 0 saturated carbocycles. The highest BCUT2D eigenvalue weighted by atomic mass is 16.3. The van der Waals surface area contributed by atoms with Crippen molar-refractivity contribution in [2.24, 2.45) is 7.05 Å². The number of nitrogens with zero attached hydrogens (tertiary/aromatic N) is 3. The number of nitrogens with one attached hydrogen (secondary N) is 1. The predicted molar refractivity (Wildman–Crippen MR) is 141 cm³/mol. The van der Waals surface area contributed by atoms with E-state index in [9.17, 15) is 14.7 Å². The standard InChI is InChI=1S/C29H24N4O3/c1-33-28(36)25(23-12-11-19-7-5-6-10-22(19)17-23)26(20-13-15-30-16-14-20)32-29(33)31-18-24(34)27(35)21-8-3-2-4-9-21/h2-17,27,35H,18H2,1H3,(H,31,32). The molecule has 1 atom stereocenters. The second-order valence-corrected chi connectivity index (χ2v) is 8.45. The van der Waals surface area contributed by atoms with Gasteiger partial charge in [-0.25, -0.2) is 4.98 Å². The number of benzene rings is 3. The third-order valence-corrected chi connectivity index (χ3v) is 6.12. The van der Waals surface area contributed by atoms with Crippen molar-refractivity contribution in [3.8, 4) is 22.4 Å². The van der Waals surface area contributed by atoms with Crippen molar-refractivity contribution in [1.82, 2.24) is 14.5 Å². The van der Waals surface area contributed by atoms with Gasteiger partial charge in [-0.3, -0.25) is 19.1 Å². The number of anilines is 1. The Labute approximate surface area is 207 Å². The largest absolute Gasteiger partial charge is 0.380 e. The molecule has 5 aromatic rings. The number of aromatic nitrogens is 3. The lowest BCUT2D eigenvalue weighted by Gasteiger charge is -2.17. The van der Waals surface area contributed by atoms with Crippen LogP contribution < -0.4 is 10.9 Å². The van der Waals surface area contributed by atoms with Crippen LogP contribution >= 0.6 is 0 Å². The molecule has 0 radical (unpaired) electrons. The fourth-order valence-electron chi connectivity index (χ4n) is 4.17. The Bertz CT molecular complexity index is 1600. The van der Waals surface area contributed by atoms with Crippen LogP contribution in [0.15, 0.2) is 102 Å². The quantitative estimate of drug-likeness (QED) is 0.362. The fourth-order valence-corrected chi connectivity index (χ4v) is 4.17. The first-order chi connectivity index (χ1) is 17.5. The number of rotatable bonds is 7. The number of carbonyl (C=O) groups excluding carboxylic acids is 1. The third kappa shape index (κ3) is 4.52. The minimum atomic E-state index is -1.27. The lowest BCUT2D eigenvalue weighted by Crippen LogP contribution is -2.28. The molecule has 0 amide bonds. The summed E-state index contributed by atoms with van der Waals surface area (Å²) < 4.78 is 1.39. The van der Waals surface area contributed by atoms with Gasteiger partial charge in [0.05, 0.1) is 17.8 Å². The Kier molecular flexibility index (Phi) is 6.38. The number of fused-ring (bicyclic) bond motifs is 1. The van der Waals surface area contributed by atoms with Crippen molar-refractivity contribution in [3.05, 3.63) is 113 Å². The van der Waals surface area contributed by atoms with Crippen molar-refractivity contribution < 1.29 is 9.90 Å². The van der Waals surface area contributed by atoms with Gasteiger partial charge in [-0.2, -0.15) is 0 Å². The first kappa shape index (κ1) is 23.1. The summed E-state index contributed by atoms with van der Waals surface area (Å²) in [5.41, 5.74) is 2.66. The Morgan fingerprint density at radius 3 is 2.36 bits per heavy atom. The Hall–Kier alpha value is -4.62. The van der Waals surface area contributed by atoms with Gasteiger partial charge in [0, 0.05) is 25.0 Å². The maximum absolute atomic E-state index is 13.7. The number of hydrogen-bond acceptors (Lipinski definition) is 6. The fraction of sp³-hybridized carbons (Fsp3) is 0.103. The Balaban J connectivity index is 1.55. The highest BCUT2D eigenvalue weighted by Crippen LogP contribution is 2.30. The molecule has 1 unspecified atom stereocenters. The van der Waals surface area contributed by atoms with Crippen molar-refractivity contribution >= 4 is 22.5 Å². The average Bonchev–Trinajstić information content (AvgIpc) is 2.93. The van der Waals surface area contributed by atoms with Gasteiger partial charge >= 0.3 is 0 Å². The molecule has 0 aliphatic carbocycles.